The van der Waals surface area contributed by atoms with Gasteiger partial charge < -0.3 is 5.73 Å². The van der Waals surface area contributed by atoms with Crippen LogP contribution in [0, 0.1) is 10.1 Å². The molecule has 18 heavy (non-hydrogen) atoms. The molecule has 1 aromatic heterocycles. The summed E-state index contributed by atoms with van der Waals surface area (Å²) in [6.45, 7) is 0. The Kier molecular flexibility index (Phi) is 2.29. The third kappa shape index (κ3) is 1.81. The number of nitro benzene ring substituents is 1. The number of aromatic nitrogens is 2. The Morgan fingerprint density at radius 3 is 2.78 bits per heavy atom. The average molecular weight is 244 g/mol. The van der Waals surface area contributed by atoms with E-state index in [1.54, 1.807) is 10.7 Å². The first-order valence-electron chi connectivity index (χ1n) is 5.75. The maximum Gasteiger partial charge on any atom is 0.271 e. The molecule has 0 amide bonds. The molecule has 1 aliphatic carbocycles. The van der Waals surface area contributed by atoms with E-state index in [1.807, 2.05) is 12.3 Å². The second-order valence-electron chi connectivity index (χ2n) is 4.46. The van der Waals surface area contributed by atoms with Crippen molar-refractivity contribution in [2.45, 2.75) is 18.8 Å². The minimum atomic E-state index is -0.459. The van der Waals surface area contributed by atoms with Crippen molar-refractivity contribution in [3.8, 4) is 5.69 Å². The summed E-state index contributed by atoms with van der Waals surface area (Å²) in [6, 6.07) is 6.38. The minimum Gasteiger partial charge on any atom is -0.397 e. The van der Waals surface area contributed by atoms with E-state index >= 15 is 0 Å². The minimum absolute atomic E-state index is 0.00850. The molecule has 0 radical (unpaired) electrons. The Labute approximate surface area is 103 Å². The van der Waals surface area contributed by atoms with Crippen molar-refractivity contribution in [2.75, 3.05) is 5.73 Å². The lowest BCUT2D eigenvalue weighted by molar-refractivity contribution is -0.384. The van der Waals surface area contributed by atoms with Crippen molar-refractivity contribution in [3.63, 3.8) is 0 Å². The molecule has 3 rings (SSSR count). The molecule has 1 fully saturated rings. The van der Waals surface area contributed by atoms with E-state index in [-0.39, 0.29) is 5.69 Å². The highest BCUT2D eigenvalue weighted by atomic mass is 16.6. The normalized spacial score (nSPS) is 14.7. The van der Waals surface area contributed by atoms with Gasteiger partial charge in [-0.2, -0.15) is 5.10 Å². The summed E-state index contributed by atoms with van der Waals surface area (Å²) in [5, 5.41) is 15.1. The van der Waals surface area contributed by atoms with Gasteiger partial charge in [0.2, 0.25) is 0 Å². The lowest BCUT2D eigenvalue weighted by atomic mass is 10.2. The first kappa shape index (κ1) is 10.8. The number of nitrogens with zero attached hydrogens (tertiary/aromatic N) is 3. The van der Waals surface area contributed by atoms with Crippen molar-refractivity contribution in [2.24, 2.45) is 0 Å². The predicted molar refractivity (Wildman–Crippen MR) is 66.6 cm³/mol. The van der Waals surface area contributed by atoms with Gasteiger partial charge in [0.15, 0.2) is 0 Å². The maximum absolute atomic E-state index is 10.6. The molecule has 0 aliphatic heterocycles. The Bertz CT molecular complexity index is 616. The summed E-state index contributed by atoms with van der Waals surface area (Å²) >= 11 is 0. The van der Waals surface area contributed by atoms with E-state index in [9.17, 15) is 10.1 Å². The zero-order chi connectivity index (χ0) is 12.7. The van der Waals surface area contributed by atoms with Crippen LogP contribution >= 0.6 is 0 Å². The number of nitrogen functional groups attached to an aromatic ring is 1. The van der Waals surface area contributed by atoms with Crippen molar-refractivity contribution in [1.29, 1.82) is 0 Å². The van der Waals surface area contributed by atoms with Gasteiger partial charge in [-0.3, -0.25) is 10.1 Å². The first-order valence-corrected chi connectivity index (χ1v) is 5.75. The lowest BCUT2D eigenvalue weighted by Gasteiger charge is -2.05. The molecule has 1 aromatic carbocycles. The largest absolute Gasteiger partial charge is 0.397 e. The Morgan fingerprint density at radius 1 is 1.39 bits per heavy atom. The zero-order valence-corrected chi connectivity index (χ0v) is 9.61. The third-order valence-corrected chi connectivity index (χ3v) is 3.07. The molecule has 2 aromatic rings. The number of nitro groups is 1. The fourth-order valence-electron chi connectivity index (χ4n) is 1.93. The topological polar surface area (TPSA) is 87.0 Å². The fourth-order valence-corrected chi connectivity index (χ4v) is 1.93. The highest BCUT2D eigenvalue weighted by Crippen LogP contribution is 2.39. The van der Waals surface area contributed by atoms with Crippen molar-refractivity contribution >= 4 is 11.4 Å². The molecule has 0 unspecified atom stereocenters. The second-order valence-corrected chi connectivity index (χ2v) is 4.46. The molecule has 2 N–H and O–H groups in total. The molecular weight excluding hydrogens is 232 g/mol. The number of benzene rings is 1. The smallest absolute Gasteiger partial charge is 0.271 e. The molecule has 6 heteroatoms. The number of hydrogen-bond donors (Lipinski definition) is 1. The summed E-state index contributed by atoms with van der Waals surface area (Å²) < 4.78 is 1.67. The molecule has 0 spiro atoms. The van der Waals surface area contributed by atoms with Gasteiger partial charge in [0, 0.05) is 24.2 Å². The van der Waals surface area contributed by atoms with Crippen molar-refractivity contribution in [3.05, 3.63) is 46.3 Å². The van der Waals surface area contributed by atoms with E-state index < -0.39 is 4.92 Å². The van der Waals surface area contributed by atoms with Crippen LogP contribution in [0.4, 0.5) is 11.4 Å². The highest BCUT2D eigenvalue weighted by Gasteiger charge is 2.26. The fraction of sp³-hybridized carbons (Fsp3) is 0.250. The van der Waals surface area contributed by atoms with Gasteiger partial charge in [0.25, 0.3) is 5.69 Å². The van der Waals surface area contributed by atoms with Crippen LogP contribution in [0.3, 0.4) is 0 Å². The van der Waals surface area contributed by atoms with Gasteiger partial charge in [-0.25, -0.2) is 4.68 Å². The molecule has 92 valence electrons. The zero-order valence-electron chi connectivity index (χ0n) is 9.61. The number of non-ortho nitro benzene ring substituents is 1. The Hall–Kier alpha value is -2.37. The molecule has 0 bridgehead atoms. The maximum atomic E-state index is 10.6. The van der Waals surface area contributed by atoms with Crippen LogP contribution in [-0.2, 0) is 0 Å². The molecule has 1 aliphatic rings. The number of hydrogen-bond acceptors (Lipinski definition) is 4. The van der Waals surface area contributed by atoms with Crippen molar-refractivity contribution < 1.29 is 4.92 Å². The second kappa shape index (κ2) is 3.83. The van der Waals surface area contributed by atoms with E-state index in [4.69, 9.17) is 5.73 Å². The van der Waals surface area contributed by atoms with Gasteiger partial charge in [0.1, 0.15) is 0 Å². The highest BCUT2D eigenvalue weighted by molar-refractivity contribution is 5.62. The molecule has 1 saturated carbocycles. The standard InChI is InChI=1S/C12H12N4O2/c13-10-7-9(16(17)18)3-4-12(10)15-6-5-11(14-15)8-1-2-8/h3-8H,1-2,13H2. The summed E-state index contributed by atoms with van der Waals surface area (Å²) in [6.07, 6.45) is 4.21. The van der Waals surface area contributed by atoms with Gasteiger partial charge in [-0.05, 0) is 25.0 Å². The molecule has 6 nitrogen and oxygen atoms in total. The van der Waals surface area contributed by atoms with Crippen LogP contribution in [0.25, 0.3) is 5.69 Å². The van der Waals surface area contributed by atoms with E-state index in [1.165, 1.54) is 25.0 Å². The predicted octanol–water partition coefficient (Wildman–Crippen LogP) is 2.24. The summed E-state index contributed by atoms with van der Waals surface area (Å²) in [5.74, 6) is 0.575. The van der Waals surface area contributed by atoms with Crippen LogP contribution in [-0.4, -0.2) is 14.7 Å². The van der Waals surface area contributed by atoms with Crippen LogP contribution in [0.15, 0.2) is 30.5 Å². The van der Waals surface area contributed by atoms with E-state index in [2.05, 4.69) is 5.10 Å². The summed E-state index contributed by atoms with van der Waals surface area (Å²) in [4.78, 5) is 10.2. The lowest BCUT2D eigenvalue weighted by Crippen LogP contribution is -2.02. The number of nitrogens with two attached hydrogens (primary N) is 1. The van der Waals surface area contributed by atoms with Gasteiger partial charge in [0.05, 0.1) is 22.0 Å². The van der Waals surface area contributed by atoms with Gasteiger partial charge in [-0.15, -0.1) is 0 Å². The molecule has 0 atom stereocenters. The van der Waals surface area contributed by atoms with Gasteiger partial charge >= 0.3 is 0 Å². The number of rotatable bonds is 3. The van der Waals surface area contributed by atoms with E-state index in [0.29, 0.717) is 17.3 Å². The summed E-state index contributed by atoms with van der Waals surface area (Å²) in [7, 11) is 0. The van der Waals surface area contributed by atoms with Crippen molar-refractivity contribution in [1.82, 2.24) is 9.78 Å². The summed E-state index contributed by atoms with van der Waals surface area (Å²) in [5.41, 5.74) is 7.91. The quantitative estimate of drug-likeness (QED) is 0.509. The van der Waals surface area contributed by atoms with E-state index in [0.717, 1.165) is 5.69 Å². The number of anilines is 1. The monoisotopic (exact) mass is 244 g/mol. The first-order chi connectivity index (χ1) is 8.65. The third-order valence-electron chi connectivity index (χ3n) is 3.07. The molecular formula is C12H12N4O2. The Morgan fingerprint density at radius 2 is 2.17 bits per heavy atom. The van der Waals surface area contributed by atoms with Crippen LogP contribution < -0.4 is 5.73 Å². The van der Waals surface area contributed by atoms with Crippen LogP contribution in [0.5, 0.6) is 0 Å². The SMILES string of the molecule is Nc1cc([N+](=O)[O-])ccc1-n1ccc(C2CC2)n1. The van der Waals surface area contributed by atoms with Gasteiger partial charge in [-0.1, -0.05) is 0 Å². The Balaban J connectivity index is 1.97. The van der Waals surface area contributed by atoms with Crippen LogP contribution in [0.2, 0.25) is 0 Å². The molecule has 0 saturated heterocycles. The molecule has 1 heterocycles. The van der Waals surface area contributed by atoms with Crippen LogP contribution in [0.1, 0.15) is 24.5 Å². The average Bonchev–Trinajstić information content (AvgIpc) is 3.08.